The number of hydrogen-bond donors (Lipinski definition) is 2. The molecule has 184 valence electrons. The van der Waals surface area contributed by atoms with E-state index >= 15 is 0 Å². The van der Waals surface area contributed by atoms with Crippen molar-refractivity contribution in [1.82, 2.24) is 15.2 Å². The number of benzene rings is 2. The average Bonchev–Trinajstić information content (AvgIpc) is 2.83. The molecule has 2 aromatic carbocycles. The Morgan fingerprint density at radius 1 is 0.971 bits per heavy atom. The predicted octanol–water partition coefficient (Wildman–Crippen LogP) is 4.95. The Labute approximate surface area is 208 Å². The minimum absolute atomic E-state index is 0.0774. The third kappa shape index (κ3) is 6.99. The highest BCUT2D eigenvalue weighted by molar-refractivity contribution is 6.01. The fourth-order valence-corrected chi connectivity index (χ4v) is 4.02. The van der Waals surface area contributed by atoms with Crippen LogP contribution in [0.25, 0.3) is 11.1 Å². The number of rotatable bonds is 9. The number of amides is 2. The zero-order valence-corrected chi connectivity index (χ0v) is 21.2. The summed E-state index contributed by atoms with van der Waals surface area (Å²) >= 11 is 0. The number of hydrogen-bond acceptors (Lipinski definition) is 4. The van der Waals surface area contributed by atoms with Gasteiger partial charge in [0.2, 0.25) is 0 Å². The number of nitrogens with zero attached hydrogens (tertiary/aromatic N) is 2. The van der Waals surface area contributed by atoms with Gasteiger partial charge in [-0.1, -0.05) is 49.7 Å². The number of nitrogens with one attached hydrogen (secondary N) is 1. The second-order valence-electron chi connectivity index (χ2n) is 9.52. The van der Waals surface area contributed by atoms with E-state index in [2.05, 4.69) is 24.1 Å². The van der Waals surface area contributed by atoms with Crippen LogP contribution in [0.2, 0.25) is 0 Å². The minimum atomic E-state index is -0.397. The highest BCUT2D eigenvalue weighted by Crippen LogP contribution is 2.25. The lowest BCUT2D eigenvalue weighted by Crippen LogP contribution is -2.31. The highest BCUT2D eigenvalue weighted by Gasteiger charge is 2.20. The lowest BCUT2D eigenvalue weighted by atomic mass is 9.97. The smallest absolute Gasteiger partial charge is 0.253 e. The number of aromatic nitrogens is 1. The van der Waals surface area contributed by atoms with E-state index in [1.165, 1.54) is 0 Å². The molecule has 0 aliphatic carbocycles. The van der Waals surface area contributed by atoms with Crippen molar-refractivity contribution in [1.29, 1.82) is 0 Å². The Hall–Kier alpha value is -3.51. The van der Waals surface area contributed by atoms with Crippen LogP contribution in [0.15, 0.2) is 60.8 Å². The van der Waals surface area contributed by atoms with Crippen LogP contribution in [0.3, 0.4) is 0 Å². The van der Waals surface area contributed by atoms with Crippen LogP contribution in [-0.4, -0.2) is 47.0 Å². The van der Waals surface area contributed by atoms with Gasteiger partial charge in [-0.25, -0.2) is 0 Å². The summed E-state index contributed by atoms with van der Waals surface area (Å²) in [6.07, 6.45) is 2.07. The SMILES string of the molecule is Cc1ccc(-c2cc(C(=O)N[C@H](CCO)c3ccc(C)nc3)cc(C(=O)N(C)CC(C)C)c2)cc1. The maximum absolute atomic E-state index is 13.4. The standard InChI is InChI=1S/C29H35N3O3/c1-19(2)18-32(5)29(35)26-15-24(22-9-6-20(3)7-10-22)14-25(16-26)28(34)31-27(12-13-33)23-11-8-21(4)30-17-23/h6-11,14-17,19,27,33H,12-13,18H2,1-5H3,(H,31,34)/t27-/m1/s1. The highest BCUT2D eigenvalue weighted by atomic mass is 16.3. The van der Waals surface area contributed by atoms with Crippen molar-refractivity contribution in [3.8, 4) is 11.1 Å². The fraction of sp³-hybridized carbons (Fsp3) is 0.345. The van der Waals surface area contributed by atoms with Gasteiger partial charge < -0.3 is 15.3 Å². The molecule has 0 saturated carbocycles. The maximum Gasteiger partial charge on any atom is 0.253 e. The molecule has 0 spiro atoms. The van der Waals surface area contributed by atoms with Crippen LogP contribution in [-0.2, 0) is 0 Å². The molecule has 0 aliphatic rings. The summed E-state index contributed by atoms with van der Waals surface area (Å²) < 4.78 is 0. The van der Waals surface area contributed by atoms with Crippen LogP contribution in [0.1, 0.15) is 63.8 Å². The van der Waals surface area contributed by atoms with Gasteiger partial charge in [-0.3, -0.25) is 14.6 Å². The van der Waals surface area contributed by atoms with Crippen LogP contribution in [0.5, 0.6) is 0 Å². The normalized spacial score (nSPS) is 11.9. The van der Waals surface area contributed by atoms with Crippen LogP contribution < -0.4 is 5.32 Å². The number of aliphatic hydroxyl groups excluding tert-OH is 1. The molecule has 35 heavy (non-hydrogen) atoms. The Bertz CT molecular complexity index is 1150. The summed E-state index contributed by atoms with van der Waals surface area (Å²) in [6.45, 7) is 8.58. The first-order valence-electron chi connectivity index (χ1n) is 12.0. The third-order valence-electron chi connectivity index (χ3n) is 5.87. The summed E-state index contributed by atoms with van der Waals surface area (Å²) in [6, 6.07) is 16.7. The Kier molecular flexibility index (Phi) is 8.77. The van der Waals surface area contributed by atoms with Gasteiger partial charge in [-0.15, -0.1) is 0 Å². The molecule has 1 atom stereocenters. The molecule has 6 nitrogen and oxygen atoms in total. The number of aliphatic hydroxyl groups is 1. The molecule has 0 fully saturated rings. The molecule has 0 radical (unpaired) electrons. The molecule has 0 aliphatic heterocycles. The van der Waals surface area contributed by atoms with E-state index in [9.17, 15) is 14.7 Å². The maximum atomic E-state index is 13.4. The molecule has 2 N–H and O–H groups in total. The second-order valence-corrected chi connectivity index (χ2v) is 9.52. The first-order chi connectivity index (χ1) is 16.7. The number of carbonyl (C=O) groups is 2. The molecule has 0 unspecified atom stereocenters. The molecule has 2 amide bonds. The fourth-order valence-electron chi connectivity index (χ4n) is 4.02. The number of pyridine rings is 1. The average molecular weight is 474 g/mol. The summed E-state index contributed by atoms with van der Waals surface area (Å²) in [5.74, 6) is -0.107. The molecule has 0 saturated heterocycles. The number of carbonyl (C=O) groups excluding carboxylic acids is 2. The van der Waals surface area contributed by atoms with E-state index in [0.29, 0.717) is 30.0 Å². The van der Waals surface area contributed by atoms with Gasteiger partial charge in [-0.2, -0.15) is 0 Å². The predicted molar refractivity (Wildman–Crippen MR) is 139 cm³/mol. The first kappa shape index (κ1) is 26.1. The largest absolute Gasteiger partial charge is 0.396 e. The molecule has 3 rings (SSSR count). The Morgan fingerprint density at radius 2 is 1.66 bits per heavy atom. The number of aryl methyl sites for hydroxylation is 2. The monoisotopic (exact) mass is 473 g/mol. The molecular formula is C29H35N3O3. The van der Waals surface area contributed by atoms with E-state index in [-0.39, 0.29) is 18.4 Å². The van der Waals surface area contributed by atoms with Crippen molar-refractivity contribution in [2.75, 3.05) is 20.2 Å². The van der Waals surface area contributed by atoms with Crippen molar-refractivity contribution < 1.29 is 14.7 Å². The topological polar surface area (TPSA) is 82.5 Å². The summed E-state index contributed by atoms with van der Waals surface area (Å²) in [7, 11) is 1.78. The van der Waals surface area contributed by atoms with Gasteiger partial charge >= 0.3 is 0 Å². The quantitative estimate of drug-likeness (QED) is 0.461. The van der Waals surface area contributed by atoms with E-state index in [0.717, 1.165) is 27.9 Å². The van der Waals surface area contributed by atoms with Gasteiger partial charge in [0, 0.05) is 43.2 Å². The van der Waals surface area contributed by atoms with Crippen LogP contribution in [0, 0.1) is 19.8 Å². The van der Waals surface area contributed by atoms with E-state index in [1.54, 1.807) is 24.2 Å². The Morgan fingerprint density at radius 3 is 2.26 bits per heavy atom. The van der Waals surface area contributed by atoms with Crippen LogP contribution >= 0.6 is 0 Å². The van der Waals surface area contributed by atoms with Crippen molar-refractivity contribution in [2.45, 2.75) is 40.2 Å². The van der Waals surface area contributed by atoms with Crippen molar-refractivity contribution in [3.63, 3.8) is 0 Å². The molecule has 0 bridgehead atoms. The summed E-state index contributed by atoms with van der Waals surface area (Å²) in [5.41, 5.74) is 5.42. The van der Waals surface area contributed by atoms with Crippen molar-refractivity contribution in [2.24, 2.45) is 5.92 Å². The van der Waals surface area contributed by atoms with Gasteiger partial charge in [-0.05, 0) is 67.1 Å². The van der Waals surface area contributed by atoms with E-state index in [1.807, 2.05) is 62.4 Å². The molecule has 1 aromatic heterocycles. The van der Waals surface area contributed by atoms with Crippen LogP contribution in [0.4, 0.5) is 0 Å². The van der Waals surface area contributed by atoms with E-state index in [4.69, 9.17) is 0 Å². The van der Waals surface area contributed by atoms with Gasteiger partial charge in [0.05, 0.1) is 6.04 Å². The third-order valence-corrected chi connectivity index (χ3v) is 5.87. The van der Waals surface area contributed by atoms with Crippen molar-refractivity contribution in [3.05, 3.63) is 88.7 Å². The summed E-state index contributed by atoms with van der Waals surface area (Å²) in [5, 5.41) is 12.6. The first-order valence-corrected chi connectivity index (χ1v) is 12.0. The molecular weight excluding hydrogens is 438 g/mol. The lowest BCUT2D eigenvalue weighted by molar-refractivity contribution is 0.0779. The summed E-state index contributed by atoms with van der Waals surface area (Å²) in [4.78, 5) is 32.6. The zero-order valence-electron chi connectivity index (χ0n) is 21.2. The molecule has 1 heterocycles. The van der Waals surface area contributed by atoms with Gasteiger partial charge in [0.1, 0.15) is 0 Å². The minimum Gasteiger partial charge on any atom is -0.396 e. The van der Waals surface area contributed by atoms with Gasteiger partial charge in [0.15, 0.2) is 0 Å². The van der Waals surface area contributed by atoms with Gasteiger partial charge in [0.25, 0.3) is 11.8 Å². The molecule has 6 heteroatoms. The van der Waals surface area contributed by atoms with E-state index < -0.39 is 6.04 Å². The zero-order chi connectivity index (χ0) is 25.5. The molecule has 3 aromatic rings. The second kappa shape index (κ2) is 11.8. The Balaban J connectivity index is 1.98. The lowest BCUT2D eigenvalue weighted by Gasteiger charge is -2.21. The van der Waals surface area contributed by atoms with Crippen molar-refractivity contribution >= 4 is 11.8 Å².